The molecule has 4 rings (SSSR count). The van der Waals surface area contributed by atoms with Gasteiger partial charge in [0.25, 0.3) is 0 Å². The Morgan fingerprint density at radius 3 is 2.69 bits per heavy atom. The van der Waals surface area contributed by atoms with Crippen molar-refractivity contribution in [2.45, 2.75) is 56.0 Å². The molecule has 2 aromatic carbocycles. The zero-order valence-electron chi connectivity index (χ0n) is 20.2. The number of hydrogen-bond donors (Lipinski definition) is 1. The van der Waals surface area contributed by atoms with Crippen molar-refractivity contribution in [3.63, 3.8) is 0 Å². The average molecular weight is 492 g/mol. The Balaban J connectivity index is 1.18. The van der Waals surface area contributed by atoms with Crippen molar-refractivity contribution in [3.8, 4) is 6.07 Å². The summed E-state index contributed by atoms with van der Waals surface area (Å²) >= 11 is 0. The number of rotatable bonds is 7. The number of sulfone groups is 1. The predicted octanol–water partition coefficient (Wildman–Crippen LogP) is 4.10. The predicted molar refractivity (Wildman–Crippen MR) is 137 cm³/mol. The van der Waals surface area contributed by atoms with E-state index in [2.05, 4.69) is 22.4 Å². The van der Waals surface area contributed by atoms with Gasteiger partial charge in [-0.25, -0.2) is 8.42 Å². The number of fused-ring (bicyclic) bond motifs is 1. The number of nitrogens with zero attached hydrogens (tertiary/aromatic N) is 2. The molecule has 184 valence electrons. The monoisotopic (exact) mass is 491 g/mol. The molecule has 6 nitrogen and oxygen atoms in total. The van der Waals surface area contributed by atoms with Gasteiger partial charge in [-0.05, 0) is 98.0 Å². The fraction of sp³-hybridized carbons (Fsp3) is 0.429. The number of benzene rings is 2. The zero-order chi connectivity index (χ0) is 24.8. The Kier molecular flexibility index (Phi) is 8.04. The quantitative estimate of drug-likeness (QED) is 0.589. The maximum atomic E-state index is 12.4. The summed E-state index contributed by atoms with van der Waals surface area (Å²) in [4.78, 5) is 15.2. The second-order valence-corrected chi connectivity index (χ2v) is 11.8. The van der Waals surface area contributed by atoms with Gasteiger partial charge in [0, 0.05) is 31.5 Å². The summed E-state index contributed by atoms with van der Waals surface area (Å²) in [6.45, 7) is 3.11. The third kappa shape index (κ3) is 7.03. The molecule has 0 saturated heterocycles. The van der Waals surface area contributed by atoms with Crippen molar-refractivity contribution in [2.24, 2.45) is 5.92 Å². The molecule has 1 N–H and O–H groups in total. The van der Waals surface area contributed by atoms with Gasteiger partial charge in [0.1, 0.15) is 0 Å². The lowest BCUT2D eigenvalue weighted by Gasteiger charge is -2.33. The SMILES string of the molecule is CS(=O)(=O)c1cccc(/C=C/C(=O)NC2CCC(CCN3CCc4cc(C#N)ccc4C3)CC2)c1. The van der Waals surface area contributed by atoms with E-state index in [1.807, 2.05) is 12.1 Å². The first-order valence-electron chi connectivity index (χ1n) is 12.3. The van der Waals surface area contributed by atoms with Crippen LogP contribution < -0.4 is 5.32 Å². The molecule has 0 atom stereocenters. The fourth-order valence-electron chi connectivity index (χ4n) is 5.10. The summed E-state index contributed by atoms with van der Waals surface area (Å²) in [5.41, 5.74) is 4.10. The minimum atomic E-state index is -3.27. The van der Waals surface area contributed by atoms with Crippen LogP contribution in [-0.4, -0.2) is 44.6 Å². The second-order valence-electron chi connectivity index (χ2n) is 9.81. The first-order valence-corrected chi connectivity index (χ1v) is 14.2. The van der Waals surface area contributed by atoms with E-state index in [0.717, 1.165) is 57.3 Å². The highest BCUT2D eigenvalue weighted by Gasteiger charge is 2.23. The molecule has 0 bridgehead atoms. The summed E-state index contributed by atoms with van der Waals surface area (Å²) in [7, 11) is -3.27. The molecule has 0 radical (unpaired) electrons. The van der Waals surface area contributed by atoms with E-state index >= 15 is 0 Å². The third-order valence-electron chi connectivity index (χ3n) is 7.19. The number of amides is 1. The van der Waals surface area contributed by atoms with E-state index in [1.165, 1.54) is 29.9 Å². The van der Waals surface area contributed by atoms with Crippen LogP contribution >= 0.6 is 0 Å². The van der Waals surface area contributed by atoms with Gasteiger partial charge >= 0.3 is 0 Å². The number of carbonyl (C=O) groups is 1. The Morgan fingerprint density at radius 1 is 1.14 bits per heavy atom. The Labute approximate surface area is 208 Å². The molecule has 1 aliphatic carbocycles. The van der Waals surface area contributed by atoms with Crippen LogP contribution in [0.2, 0.25) is 0 Å². The molecular weight excluding hydrogens is 458 g/mol. The topological polar surface area (TPSA) is 90.3 Å². The Bertz CT molecular complexity index is 1240. The zero-order valence-corrected chi connectivity index (χ0v) is 21.1. The molecule has 2 aromatic rings. The van der Waals surface area contributed by atoms with Crippen molar-refractivity contribution >= 4 is 21.8 Å². The number of carbonyl (C=O) groups excluding carboxylic acids is 1. The van der Waals surface area contributed by atoms with Crippen molar-refractivity contribution < 1.29 is 13.2 Å². The van der Waals surface area contributed by atoms with Gasteiger partial charge in [-0.2, -0.15) is 5.26 Å². The molecule has 1 fully saturated rings. The summed E-state index contributed by atoms with van der Waals surface area (Å²) in [5.74, 6) is 0.560. The van der Waals surface area contributed by atoms with E-state index in [-0.39, 0.29) is 16.8 Å². The van der Waals surface area contributed by atoms with Crippen molar-refractivity contribution in [1.82, 2.24) is 10.2 Å². The average Bonchev–Trinajstić information content (AvgIpc) is 2.86. The summed E-state index contributed by atoms with van der Waals surface area (Å²) in [6.07, 6.45) is 10.8. The third-order valence-corrected chi connectivity index (χ3v) is 8.30. The highest BCUT2D eigenvalue weighted by molar-refractivity contribution is 7.90. The lowest BCUT2D eigenvalue weighted by Crippen LogP contribution is -2.37. The number of nitriles is 1. The maximum Gasteiger partial charge on any atom is 0.244 e. The van der Waals surface area contributed by atoms with E-state index in [9.17, 15) is 13.2 Å². The molecule has 1 heterocycles. The molecule has 7 heteroatoms. The van der Waals surface area contributed by atoms with Crippen LogP contribution in [0.3, 0.4) is 0 Å². The van der Waals surface area contributed by atoms with Crippen molar-refractivity contribution in [2.75, 3.05) is 19.3 Å². The van der Waals surface area contributed by atoms with Crippen LogP contribution in [0.15, 0.2) is 53.4 Å². The Morgan fingerprint density at radius 2 is 1.94 bits per heavy atom. The van der Waals surface area contributed by atoms with Crippen LogP contribution in [-0.2, 0) is 27.6 Å². The first kappa shape index (κ1) is 25.2. The highest BCUT2D eigenvalue weighted by atomic mass is 32.2. The standard InChI is InChI=1S/C28H33N3O3S/c1-35(33,34)27-4-2-3-22(18-27)8-12-28(32)30-26-10-6-21(7-11-26)13-15-31-16-14-24-17-23(19-29)5-9-25(24)20-31/h2-5,8-9,12,17-18,21,26H,6-7,10-11,13-16,20H2,1H3,(H,30,32)/b12-8+. The van der Waals surface area contributed by atoms with Gasteiger partial charge in [-0.1, -0.05) is 18.2 Å². The summed E-state index contributed by atoms with van der Waals surface area (Å²) in [5, 5.41) is 12.2. The normalized spacial score (nSPS) is 20.8. The molecule has 1 saturated carbocycles. The minimum absolute atomic E-state index is 0.134. The molecule has 0 aromatic heterocycles. The fourth-order valence-corrected chi connectivity index (χ4v) is 5.78. The van der Waals surface area contributed by atoms with E-state index in [4.69, 9.17) is 5.26 Å². The van der Waals surface area contributed by atoms with Gasteiger partial charge < -0.3 is 5.32 Å². The smallest absolute Gasteiger partial charge is 0.244 e. The van der Waals surface area contributed by atoms with Gasteiger partial charge in [-0.15, -0.1) is 0 Å². The molecule has 0 spiro atoms. The van der Waals surface area contributed by atoms with Crippen molar-refractivity contribution in [1.29, 1.82) is 5.26 Å². The second kappa shape index (κ2) is 11.2. The van der Waals surface area contributed by atoms with E-state index < -0.39 is 9.84 Å². The Hall–Kier alpha value is -2.95. The van der Waals surface area contributed by atoms with Gasteiger partial charge in [0.15, 0.2) is 9.84 Å². The van der Waals surface area contributed by atoms with Gasteiger partial charge in [0.05, 0.1) is 16.5 Å². The van der Waals surface area contributed by atoms with Crippen molar-refractivity contribution in [3.05, 3.63) is 70.8 Å². The van der Waals surface area contributed by atoms with Gasteiger partial charge in [-0.3, -0.25) is 9.69 Å². The largest absolute Gasteiger partial charge is 0.350 e. The van der Waals surface area contributed by atoms with Crippen LogP contribution in [0.4, 0.5) is 0 Å². The van der Waals surface area contributed by atoms with E-state index in [0.29, 0.717) is 11.5 Å². The first-order chi connectivity index (χ1) is 16.8. The van der Waals surface area contributed by atoms with Crippen LogP contribution in [0, 0.1) is 17.2 Å². The summed E-state index contributed by atoms with van der Waals surface area (Å²) in [6, 6.07) is 15.1. The minimum Gasteiger partial charge on any atom is -0.350 e. The van der Waals surface area contributed by atoms with Crippen LogP contribution in [0.25, 0.3) is 6.08 Å². The molecule has 1 amide bonds. The van der Waals surface area contributed by atoms with Crippen LogP contribution in [0.5, 0.6) is 0 Å². The molecule has 35 heavy (non-hydrogen) atoms. The highest BCUT2D eigenvalue weighted by Crippen LogP contribution is 2.28. The maximum absolute atomic E-state index is 12.4. The lowest BCUT2D eigenvalue weighted by atomic mass is 9.84. The van der Waals surface area contributed by atoms with Gasteiger partial charge in [0.2, 0.25) is 5.91 Å². The number of nitrogens with one attached hydrogen (secondary N) is 1. The molecule has 2 aliphatic rings. The van der Waals surface area contributed by atoms with E-state index in [1.54, 1.807) is 30.3 Å². The van der Waals surface area contributed by atoms with Crippen LogP contribution in [0.1, 0.15) is 54.4 Å². The number of hydrogen-bond acceptors (Lipinski definition) is 5. The summed E-state index contributed by atoms with van der Waals surface area (Å²) < 4.78 is 23.4. The molecular formula is C28H33N3O3S. The lowest BCUT2D eigenvalue weighted by molar-refractivity contribution is -0.117. The molecule has 0 unspecified atom stereocenters. The molecule has 1 aliphatic heterocycles.